The lowest BCUT2D eigenvalue weighted by Gasteiger charge is -2.38. The Morgan fingerprint density at radius 2 is 2.18 bits per heavy atom. The van der Waals surface area contributed by atoms with Gasteiger partial charge in [0.1, 0.15) is 0 Å². The van der Waals surface area contributed by atoms with Gasteiger partial charge in [0.2, 0.25) is 0 Å². The van der Waals surface area contributed by atoms with Crippen molar-refractivity contribution in [1.82, 2.24) is 4.90 Å². The molecule has 0 aromatic carbocycles. The maximum absolute atomic E-state index is 6.20. The summed E-state index contributed by atoms with van der Waals surface area (Å²) in [5.74, 6) is 0.854. The highest BCUT2D eigenvalue weighted by atomic mass is 32.1. The zero-order valence-corrected chi connectivity index (χ0v) is 14.4. The third-order valence-corrected chi connectivity index (χ3v) is 6.55. The molecule has 3 heterocycles. The minimum atomic E-state index is 0.120. The largest absolute Gasteiger partial charge is 0.375 e. The summed E-state index contributed by atoms with van der Waals surface area (Å²) < 4.78 is 12.3. The third-order valence-electron chi connectivity index (χ3n) is 5.54. The number of likely N-dealkylation sites (tertiary alicyclic amines) is 1. The molecule has 3 aliphatic rings. The van der Waals surface area contributed by atoms with Gasteiger partial charge in [0.15, 0.2) is 0 Å². The average molecular weight is 321 g/mol. The van der Waals surface area contributed by atoms with Crippen molar-refractivity contribution in [3.8, 4) is 0 Å². The molecule has 22 heavy (non-hydrogen) atoms. The van der Waals surface area contributed by atoms with E-state index in [-0.39, 0.29) is 5.60 Å². The Labute approximate surface area is 137 Å². The Morgan fingerprint density at radius 1 is 1.36 bits per heavy atom. The van der Waals surface area contributed by atoms with Gasteiger partial charge in [0.25, 0.3) is 0 Å². The molecule has 0 amide bonds. The molecular weight excluding hydrogens is 294 g/mol. The lowest BCUT2D eigenvalue weighted by atomic mass is 9.88. The van der Waals surface area contributed by atoms with E-state index in [9.17, 15) is 0 Å². The van der Waals surface area contributed by atoms with Crippen LogP contribution in [0.15, 0.2) is 11.4 Å². The predicted octanol–water partition coefficient (Wildman–Crippen LogP) is 3.61. The van der Waals surface area contributed by atoms with Crippen LogP contribution in [-0.4, -0.2) is 42.9 Å². The third kappa shape index (κ3) is 3.40. The van der Waals surface area contributed by atoms with Crippen LogP contribution in [0.4, 0.5) is 0 Å². The number of aryl methyl sites for hydroxylation is 1. The van der Waals surface area contributed by atoms with Crippen molar-refractivity contribution in [2.24, 2.45) is 5.92 Å². The van der Waals surface area contributed by atoms with Crippen LogP contribution in [0, 0.1) is 12.8 Å². The van der Waals surface area contributed by atoms with Gasteiger partial charge in [-0.1, -0.05) is 0 Å². The molecule has 0 N–H and O–H groups in total. The van der Waals surface area contributed by atoms with E-state index in [0.29, 0.717) is 6.10 Å². The lowest BCUT2D eigenvalue weighted by molar-refractivity contribution is -0.0465. The molecule has 122 valence electrons. The number of rotatable bonds is 5. The number of thiophene rings is 1. The highest BCUT2D eigenvalue weighted by Crippen LogP contribution is 2.38. The van der Waals surface area contributed by atoms with Crippen LogP contribution in [0.3, 0.4) is 0 Å². The van der Waals surface area contributed by atoms with E-state index in [0.717, 1.165) is 45.2 Å². The van der Waals surface area contributed by atoms with Crippen LogP contribution < -0.4 is 0 Å². The first kappa shape index (κ1) is 15.1. The van der Waals surface area contributed by atoms with Crippen molar-refractivity contribution >= 4 is 11.3 Å². The van der Waals surface area contributed by atoms with Gasteiger partial charge < -0.3 is 9.47 Å². The van der Waals surface area contributed by atoms with Crippen molar-refractivity contribution < 1.29 is 9.47 Å². The van der Waals surface area contributed by atoms with Gasteiger partial charge >= 0.3 is 0 Å². The first-order chi connectivity index (χ1) is 10.7. The summed E-state index contributed by atoms with van der Waals surface area (Å²) in [6.45, 7) is 7.43. The molecule has 1 aliphatic carbocycles. The number of hydrogen-bond donors (Lipinski definition) is 0. The Balaban J connectivity index is 1.25. The summed E-state index contributed by atoms with van der Waals surface area (Å²) in [6, 6.07) is 2.23. The molecule has 0 unspecified atom stereocenters. The van der Waals surface area contributed by atoms with Crippen LogP contribution in [0.2, 0.25) is 0 Å². The molecular formula is C18H27NO2S. The second-order valence-electron chi connectivity index (χ2n) is 7.40. The second-order valence-corrected chi connectivity index (χ2v) is 8.40. The van der Waals surface area contributed by atoms with E-state index < -0.39 is 0 Å². The fraction of sp³-hybridized carbons (Fsp3) is 0.778. The van der Waals surface area contributed by atoms with E-state index in [4.69, 9.17) is 9.47 Å². The molecule has 1 saturated carbocycles. The van der Waals surface area contributed by atoms with Crippen LogP contribution in [-0.2, 0) is 16.0 Å². The van der Waals surface area contributed by atoms with Gasteiger partial charge in [0.05, 0.1) is 18.3 Å². The van der Waals surface area contributed by atoms with E-state index in [1.54, 1.807) is 0 Å². The maximum Gasteiger partial charge on any atom is 0.0836 e. The quantitative estimate of drug-likeness (QED) is 0.827. The Hall–Kier alpha value is -0.420. The minimum Gasteiger partial charge on any atom is -0.375 e. The summed E-state index contributed by atoms with van der Waals surface area (Å²) in [6.07, 6.45) is 6.55. The van der Waals surface area contributed by atoms with Gasteiger partial charge in [-0.2, -0.15) is 0 Å². The van der Waals surface area contributed by atoms with Gasteiger partial charge in [-0.3, -0.25) is 4.90 Å². The minimum absolute atomic E-state index is 0.120. The van der Waals surface area contributed by atoms with Crippen LogP contribution >= 0.6 is 11.3 Å². The van der Waals surface area contributed by atoms with Crippen LogP contribution in [0.5, 0.6) is 0 Å². The molecule has 2 saturated heterocycles. The predicted molar refractivity (Wildman–Crippen MR) is 89.3 cm³/mol. The van der Waals surface area contributed by atoms with Gasteiger partial charge in [-0.15, -0.1) is 11.3 Å². The summed E-state index contributed by atoms with van der Waals surface area (Å²) >= 11 is 1.89. The van der Waals surface area contributed by atoms with Crippen LogP contribution in [0.25, 0.3) is 0 Å². The molecule has 2 aliphatic heterocycles. The Kier molecular flexibility index (Phi) is 4.29. The molecule has 0 radical (unpaired) electrons. The Bertz CT molecular complexity index is 503. The van der Waals surface area contributed by atoms with E-state index in [1.165, 1.54) is 36.1 Å². The molecule has 4 heteroatoms. The standard InChI is InChI=1S/C18H27NO2S/c1-14-4-9-22-17(14)11-19-7-5-18(6-8-19)10-16(13-21-18)20-12-15-2-3-15/h4,9,15-16H,2-3,5-8,10-13H2,1H3/t16-/m0/s1. The van der Waals surface area contributed by atoms with Gasteiger partial charge in [-0.05, 0) is 55.5 Å². The normalized spacial score (nSPS) is 28.5. The summed E-state index contributed by atoms with van der Waals surface area (Å²) in [4.78, 5) is 4.11. The van der Waals surface area contributed by atoms with Crippen molar-refractivity contribution in [3.05, 3.63) is 21.9 Å². The topological polar surface area (TPSA) is 21.7 Å². The summed E-state index contributed by atoms with van der Waals surface area (Å²) in [5.41, 5.74) is 1.56. The lowest BCUT2D eigenvalue weighted by Crippen LogP contribution is -2.43. The van der Waals surface area contributed by atoms with E-state index in [2.05, 4.69) is 23.3 Å². The number of hydrogen-bond acceptors (Lipinski definition) is 4. The van der Waals surface area contributed by atoms with Gasteiger partial charge in [-0.25, -0.2) is 0 Å². The summed E-state index contributed by atoms with van der Waals surface area (Å²) in [5, 5.41) is 2.21. The molecule has 1 spiro atoms. The smallest absolute Gasteiger partial charge is 0.0836 e. The monoisotopic (exact) mass is 321 g/mol. The van der Waals surface area contributed by atoms with Gasteiger partial charge in [0, 0.05) is 37.5 Å². The SMILES string of the molecule is Cc1ccsc1CN1CCC2(CC1)C[C@H](OCC1CC1)CO2. The first-order valence-corrected chi connectivity index (χ1v) is 9.61. The molecule has 1 atom stereocenters. The van der Waals surface area contributed by atoms with Crippen molar-refractivity contribution in [2.75, 3.05) is 26.3 Å². The van der Waals surface area contributed by atoms with Crippen LogP contribution in [0.1, 0.15) is 42.5 Å². The van der Waals surface area contributed by atoms with E-state index in [1.807, 2.05) is 11.3 Å². The average Bonchev–Trinajstić information content (AvgIpc) is 3.16. The first-order valence-electron chi connectivity index (χ1n) is 8.73. The molecule has 3 nitrogen and oxygen atoms in total. The molecule has 1 aromatic rings. The zero-order chi connectivity index (χ0) is 15.0. The maximum atomic E-state index is 6.20. The summed E-state index contributed by atoms with van der Waals surface area (Å²) in [7, 11) is 0. The Morgan fingerprint density at radius 3 is 2.86 bits per heavy atom. The zero-order valence-electron chi connectivity index (χ0n) is 13.6. The second kappa shape index (κ2) is 6.23. The number of piperidine rings is 1. The molecule has 0 bridgehead atoms. The highest BCUT2D eigenvalue weighted by Gasteiger charge is 2.43. The van der Waals surface area contributed by atoms with Crippen molar-refractivity contribution in [2.45, 2.75) is 57.3 Å². The van der Waals surface area contributed by atoms with Crippen molar-refractivity contribution in [1.29, 1.82) is 0 Å². The number of ether oxygens (including phenoxy) is 2. The van der Waals surface area contributed by atoms with E-state index >= 15 is 0 Å². The fourth-order valence-electron chi connectivity index (χ4n) is 3.70. The molecule has 1 aromatic heterocycles. The fourth-order valence-corrected chi connectivity index (χ4v) is 4.65. The molecule has 4 rings (SSSR count). The highest BCUT2D eigenvalue weighted by molar-refractivity contribution is 7.10. The molecule has 3 fully saturated rings. The number of nitrogens with zero attached hydrogens (tertiary/aromatic N) is 1. The van der Waals surface area contributed by atoms with Crippen molar-refractivity contribution in [3.63, 3.8) is 0 Å².